The number of carboxylic acid groups (broad SMARTS) is 1. The van der Waals surface area contributed by atoms with E-state index in [4.69, 9.17) is 10.5 Å². The average Bonchev–Trinajstić information content (AvgIpc) is 3.06. The lowest BCUT2D eigenvalue weighted by Crippen LogP contribution is -2.26. The molecule has 1 aromatic heterocycles. The molecule has 150 valence electrons. The maximum absolute atomic E-state index is 14.4. The monoisotopic (exact) mass is 429 g/mol. The molecule has 10 nitrogen and oxygen atoms in total. The first-order valence-corrected chi connectivity index (χ1v) is 9.48. The molecule has 0 aliphatic rings. The first-order chi connectivity index (χ1) is 13.1. The van der Waals surface area contributed by atoms with Crippen LogP contribution in [0.1, 0.15) is 16.9 Å². The number of aromatic carboxylic acids is 1. The van der Waals surface area contributed by atoms with Crippen molar-refractivity contribution in [2.24, 2.45) is 0 Å². The highest BCUT2D eigenvalue weighted by Gasteiger charge is 2.25. The Bertz CT molecular complexity index is 949. The van der Waals surface area contributed by atoms with Crippen LogP contribution in [0.3, 0.4) is 0 Å². The van der Waals surface area contributed by atoms with Gasteiger partial charge in [0, 0.05) is 20.2 Å². The summed E-state index contributed by atoms with van der Waals surface area (Å²) in [6.07, 6.45) is -0.260. The summed E-state index contributed by atoms with van der Waals surface area (Å²) >= 11 is -1.90. The Morgan fingerprint density at radius 2 is 2.07 bits per heavy atom. The van der Waals surface area contributed by atoms with Gasteiger partial charge in [0.1, 0.15) is 16.7 Å². The van der Waals surface area contributed by atoms with E-state index in [0.29, 0.717) is 4.31 Å². The van der Waals surface area contributed by atoms with Gasteiger partial charge in [0.25, 0.3) is 11.3 Å². The second-order valence-electron chi connectivity index (χ2n) is 5.57. The van der Waals surface area contributed by atoms with Gasteiger partial charge in [-0.15, -0.1) is 11.3 Å². The van der Waals surface area contributed by atoms with E-state index in [2.05, 4.69) is 10.3 Å². The molecule has 0 saturated carbocycles. The molecule has 0 bridgehead atoms. The maximum atomic E-state index is 14.4. The third kappa shape index (κ3) is 4.88. The van der Waals surface area contributed by atoms with E-state index in [0.717, 1.165) is 17.4 Å². The van der Waals surface area contributed by atoms with Crippen LogP contribution in [0.5, 0.6) is 0 Å². The van der Waals surface area contributed by atoms with Gasteiger partial charge in [-0.2, -0.15) is 0 Å². The van der Waals surface area contributed by atoms with Crippen molar-refractivity contribution >= 4 is 56.7 Å². The molecule has 0 radical (unpaired) electrons. The van der Waals surface area contributed by atoms with Gasteiger partial charge >= 0.3 is 5.97 Å². The number of hydrogen-bond acceptors (Lipinski definition) is 6. The number of nitrogens with zero attached hydrogens (tertiary/aromatic N) is 3. The van der Waals surface area contributed by atoms with Crippen LogP contribution in [0, 0.1) is 11.2 Å². The lowest BCUT2D eigenvalue weighted by atomic mass is 10.2. The molecule has 1 amide bonds. The Morgan fingerprint density at radius 1 is 1.39 bits per heavy atom. The zero-order valence-electron chi connectivity index (χ0n) is 14.7. The molecule has 1 unspecified atom stereocenters. The number of halogens is 1. The molecule has 0 spiro atoms. The molecular weight excluding hydrogens is 413 g/mol. The van der Waals surface area contributed by atoms with E-state index < -0.39 is 34.7 Å². The molecule has 28 heavy (non-hydrogen) atoms. The summed E-state index contributed by atoms with van der Waals surface area (Å²) in [5, 5.41) is 18.9. The Balaban J connectivity index is 2.29. The Hall–Kier alpha value is -2.90. The molecule has 0 saturated heterocycles. The summed E-state index contributed by atoms with van der Waals surface area (Å²) in [6, 6.07) is 3.30. The number of benzene rings is 1. The summed E-state index contributed by atoms with van der Waals surface area (Å²) in [5.41, 5.74) is 0.437. The van der Waals surface area contributed by atoms with Gasteiger partial charge in [-0.1, -0.05) is 0 Å². The Kier molecular flexibility index (Phi) is 6.77. The third-order valence-corrected chi connectivity index (χ3v) is 5.05. The fourth-order valence-corrected chi connectivity index (χ4v) is 3.60. The van der Waals surface area contributed by atoms with E-state index in [-0.39, 0.29) is 28.6 Å². The number of rotatable bonds is 7. The van der Waals surface area contributed by atoms with Crippen molar-refractivity contribution in [3.63, 3.8) is 0 Å². The summed E-state index contributed by atoms with van der Waals surface area (Å²) < 4.78 is 36.4. The normalized spacial score (nSPS) is 11.6. The van der Waals surface area contributed by atoms with Crippen LogP contribution < -0.4 is 9.62 Å². The van der Waals surface area contributed by atoms with Crippen molar-refractivity contribution in [3.05, 3.63) is 35.2 Å². The summed E-state index contributed by atoms with van der Waals surface area (Å²) in [5.74, 6) is -2.88. The van der Waals surface area contributed by atoms with Crippen molar-refractivity contribution < 1.29 is 27.8 Å². The van der Waals surface area contributed by atoms with Crippen molar-refractivity contribution in [2.45, 2.75) is 6.42 Å². The number of anilines is 3. The topological polar surface area (TPSA) is 147 Å². The van der Waals surface area contributed by atoms with Gasteiger partial charge in [0.15, 0.2) is 5.69 Å². The Labute approximate surface area is 165 Å². The molecule has 0 fully saturated rings. The van der Waals surface area contributed by atoms with Gasteiger partial charge in [0.05, 0.1) is 23.3 Å². The molecule has 4 N–H and O–H groups in total. The zero-order valence-corrected chi connectivity index (χ0v) is 16.3. The van der Waals surface area contributed by atoms with Crippen molar-refractivity contribution in [1.82, 2.24) is 9.88 Å². The summed E-state index contributed by atoms with van der Waals surface area (Å²) in [4.78, 5) is 28.2. The summed E-state index contributed by atoms with van der Waals surface area (Å²) in [6.45, 7) is 0. The van der Waals surface area contributed by atoms with E-state index in [1.807, 2.05) is 0 Å². The highest BCUT2D eigenvalue weighted by Crippen LogP contribution is 2.34. The highest BCUT2D eigenvalue weighted by molar-refractivity contribution is 7.81. The molecule has 13 heteroatoms. The SMILES string of the molecule is CN(C)C(=N)CC(=O)Nc1ccc(N(c2scnc2C(=O)O)S(=O)O)cc1F. The quantitative estimate of drug-likeness (QED) is 0.299. The number of amides is 1. The zero-order chi connectivity index (χ0) is 21.0. The molecule has 1 heterocycles. The minimum atomic E-state index is -2.70. The molecule has 0 aliphatic carbocycles. The fourth-order valence-electron chi connectivity index (χ4n) is 2.05. The van der Waals surface area contributed by atoms with Crippen LogP contribution in [-0.2, 0) is 16.1 Å². The minimum absolute atomic E-state index is 0.0303. The van der Waals surface area contributed by atoms with E-state index in [9.17, 15) is 22.7 Å². The Morgan fingerprint density at radius 3 is 2.61 bits per heavy atom. The van der Waals surface area contributed by atoms with Crippen LogP contribution in [0.15, 0.2) is 23.7 Å². The number of amidine groups is 1. The van der Waals surface area contributed by atoms with Crippen LogP contribution >= 0.6 is 11.3 Å². The van der Waals surface area contributed by atoms with Crippen molar-refractivity contribution in [2.75, 3.05) is 23.7 Å². The first kappa shape index (κ1) is 21.4. The van der Waals surface area contributed by atoms with Crippen LogP contribution in [-0.4, -0.2) is 55.6 Å². The highest BCUT2D eigenvalue weighted by atomic mass is 32.2. The second-order valence-corrected chi connectivity index (χ2v) is 7.23. The molecule has 1 aromatic carbocycles. The number of carbonyl (C=O) groups is 2. The van der Waals surface area contributed by atoms with Crippen LogP contribution in [0.2, 0.25) is 0 Å². The molecule has 1 atom stereocenters. The maximum Gasteiger partial charge on any atom is 0.357 e. The fraction of sp³-hybridized carbons (Fsp3) is 0.200. The molecule has 2 rings (SSSR count). The standard InChI is InChI=1S/C15H16FN5O5S2/c1-20(2)11(17)6-12(22)19-10-4-3-8(5-9(10)16)21(28(25)26)14-13(15(23)24)18-7-27-14/h3-5,7,17H,6H2,1-2H3,(H,19,22)(H,23,24)(H,25,26). The lowest BCUT2D eigenvalue weighted by molar-refractivity contribution is -0.115. The van der Waals surface area contributed by atoms with E-state index >= 15 is 0 Å². The second kappa shape index (κ2) is 8.86. The summed E-state index contributed by atoms with van der Waals surface area (Å²) in [7, 11) is 3.19. The molecular formula is C15H16FN5O5S2. The van der Waals surface area contributed by atoms with Gasteiger partial charge in [-0.05, 0) is 12.1 Å². The molecule has 2 aromatic rings. The van der Waals surface area contributed by atoms with E-state index in [1.165, 1.54) is 22.5 Å². The van der Waals surface area contributed by atoms with E-state index in [1.54, 1.807) is 14.1 Å². The van der Waals surface area contributed by atoms with Gasteiger partial charge < -0.3 is 15.3 Å². The number of carbonyl (C=O) groups excluding carboxylic acids is 1. The molecule has 0 aliphatic heterocycles. The van der Waals surface area contributed by atoms with Gasteiger partial charge in [0.2, 0.25) is 5.91 Å². The number of thiazole rings is 1. The lowest BCUT2D eigenvalue weighted by Gasteiger charge is -2.19. The third-order valence-electron chi connectivity index (χ3n) is 3.42. The number of nitrogens with one attached hydrogen (secondary N) is 2. The average molecular weight is 429 g/mol. The minimum Gasteiger partial charge on any atom is -0.476 e. The van der Waals surface area contributed by atoms with Crippen molar-refractivity contribution in [1.29, 1.82) is 5.41 Å². The van der Waals surface area contributed by atoms with Gasteiger partial charge in [-0.25, -0.2) is 22.7 Å². The predicted molar refractivity (Wildman–Crippen MR) is 103 cm³/mol. The number of hydrogen-bond donors (Lipinski definition) is 4. The smallest absolute Gasteiger partial charge is 0.357 e. The number of carboxylic acids is 1. The van der Waals surface area contributed by atoms with Crippen LogP contribution in [0.25, 0.3) is 0 Å². The largest absolute Gasteiger partial charge is 0.476 e. The van der Waals surface area contributed by atoms with Crippen LogP contribution in [0.4, 0.5) is 20.8 Å². The van der Waals surface area contributed by atoms with Crippen molar-refractivity contribution in [3.8, 4) is 0 Å². The van der Waals surface area contributed by atoms with Gasteiger partial charge in [-0.3, -0.25) is 14.8 Å². The predicted octanol–water partition coefficient (Wildman–Crippen LogP) is 2.12. The number of aromatic nitrogens is 1. The first-order valence-electron chi connectivity index (χ1n) is 7.53.